The van der Waals surface area contributed by atoms with Crippen molar-refractivity contribution in [3.05, 3.63) is 65.0 Å². The Morgan fingerprint density at radius 2 is 1.67 bits per heavy atom. The third-order valence-electron chi connectivity index (χ3n) is 2.97. The van der Waals surface area contributed by atoms with Crippen LogP contribution in [0.5, 0.6) is 5.75 Å². The van der Waals surface area contributed by atoms with Crippen LogP contribution in [0.15, 0.2) is 42.5 Å². The second kappa shape index (κ2) is 5.19. The van der Waals surface area contributed by atoms with Crippen LogP contribution in [-0.2, 0) is 0 Å². The van der Waals surface area contributed by atoms with Gasteiger partial charge in [-0.25, -0.2) is 4.39 Å². The summed E-state index contributed by atoms with van der Waals surface area (Å²) in [4.78, 5) is 0. The second-order valence-corrected chi connectivity index (χ2v) is 4.28. The van der Waals surface area contributed by atoms with Crippen LogP contribution in [0.3, 0.4) is 0 Å². The average molecular weight is 245 g/mol. The van der Waals surface area contributed by atoms with Gasteiger partial charge in [-0.05, 0) is 30.2 Å². The lowest BCUT2D eigenvalue weighted by Crippen LogP contribution is -2.12. The van der Waals surface area contributed by atoms with E-state index in [1.165, 1.54) is 18.7 Å². The molecule has 2 rings (SSSR count). The third kappa shape index (κ3) is 2.51. The molecule has 0 saturated carbocycles. The number of ether oxygens (including phenoxy) is 1. The Labute approximate surface area is 106 Å². The van der Waals surface area contributed by atoms with Crippen molar-refractivity contribution in [1.29, 1.82) is 0 Å². The summed E-state index contributed by atoms with van der Waals surface area (Å²) in [5.74, 6) is -0.160. The molecule has 0 amide bonds. The summed E-state index contributed by atoms with van der Waals surface area (Å²) in [6.07, 6.45) is 0. The Bertz CT molecular complexity index is 537. The summed E-state index contributed by atoms with van der Waals surface area (Å²) in [5.41, 5.74) is 9.17. The molecule has 18 heavy (non-hydrogen) atoms. The molecule has 3 heteroatoms. The molecule has 0 bridgehead atoms. The first-order chi connectivity index (χ1) is 8.61. The average Bonchev–Trinajstić information content (AvgIpc) is 2.39. The van der Waals surface area contributed by atoms with E-state index in [0.29, 0.717) is 0 Å². The van der Waals surface area contributed by atoms with Crippen LogP contribution in [0.4, 0.5) is 4.39 Å². The monoisotopic (exact) mass is 245 g/mol. The van der Waals surface area contributed by atoms with Crippen LogP contribution >= 0.6 is 0 Å². The largest absolute Gasteiger partial charge is 0.494 e. The number of rotatable bonds is 3. The van der Waals surface area contributed by atoms with E-state index in [1.807, 2.05) is 31.2 Å². The number of halogens is 1. The van der Waals surface area contributed by atoms with Crippen molar-refractivity contribution in [2.45, 2.75) is 13.0 Å². The maximum atomic E-state index is 13.3. The fourth-order valence-corrected chi connectivity index (χ4v) is 1.84. The van der Waals surface area contributed by atoms with Crippen molar-refractivity contribution in [3.63, 3.8) is 0 Å². The first kappa shape index (κ1) is 12.6. The minimum atomic E-state index is -0.377. The maximum Gasteiger partial charge on any atom is 0.165 e. The van der Waals surface area contributed by atoms with E-state index in [4.69, 9.17) is 10.5 Å². The minimum Gasteiger partial charge on any atom is -0.494 e. The van der Waals surface area contributed by atoms with Gasteiger partial charge in [-0.2, -0.15) is 0 Å². The van der Waals surface area contributed by atoms with Crippen LogP contribution in [-0.4, -0.2) is 7.11 Å². The SMILES string of the molecule is COc1cc(C(N)c2ccc(C)cc2)ccc1F. The zero-order chi connectivity index (χ0) is 13.1. The quantitative estimate of drug-likeness (QED) is 0.901. The molecule has 94 valence electrons. The van der Waals surface area contributed by atoms with Gasteiger partial charge in [0.15, 0.2) is 11.6 Å². The van der Waals surface area contributed by atoms with Gasteiger partial charge in [0.25, 0.3) is 0 Å². The predicted molar refractivity (Wildman–Crippen MR) is 70.2 cm³/mol. The Morgan fingerprint density at radius 1 is 1.06 bits per heavy atom. The van der Waals surface area contributed by atoms with E-state index in [9.17, 15) is 4.39 Å². The van der Waals surface area contributed by atoms with Gasteiger partial charge >= 0.3 is 0 Å². The summed E-state index contributed by atoms with van der Waals surface area (Å²) >= 11 is 0. The molecule has 0 heterocycles. The van der Waals surface area contributed by atoms with Crippen molar-refractivity contribution in [1.82, 2.24) is 0 Å². The molecule has 2 aromatic rings. The Kier molecular flexibility index (Phi) is 3.63. The summed E-state index contributed by atoms with van der Waals surface area (Å²) in [5, 5.41) is 0. The molecule has 0 fully saturated rings. The number of nitrogens with two attached hydrogens (primary N) is 1. The molecule has 0 spiro atoms. The minimum absolute atomic E-state index is 0.218. The Balaban J connectivity index is 2.33. The van der Waals surface area contributed by atoms with Crippen molar-refractivity contribution in [2.24, 2.45) is 5.73 Å². The van der Waals surface area contributed by atoms with Gasteiger partial charge in [0.1, 0.15) is 0 Å². The second-order valence-electron chi connectivity index (χ2n) is 4.28. The van der Waals surface area contributed by atoms with Gasteiger partial charge in [0.05, 0.1) is 13.2 Å². The highest BCUT2D eigenvalue weighted by Crippen LogP contribution is 2.25. The number of hydrogen-bond donors (Lipinski definition) is 1. The van der Waals surface area contributed by atoms with Crippen LogP contribution in [0.25, 0.3) is 0 Å². The Morgan fingerprint density at radius 3 is 2.28 bits per heavy atom. The zero-order valence-corrected chi connectivity index (χ0v) is 10.5. The van der Waals surface area contributed by atoms with Crippen LogP contribution < -0.4 is 10.5 Å². The van der Waals surface area contributed by atoms with Crippen LogP contribution in [0.1, 0.15) is 22.7 Å². The third-order valence-corrected chi connectivity index (χ3v) is 2.97. The fraction of sp³-hybridized carbons (Fsp3) is 0.200. The summed E-state index contributed by atoms with van der Waals surface area (Å²) in [7, 11) is 1.44. The Hall–Kier alpha value is -1.87. The molecule has 0 saturated heterocycles. The highest BCUT2D eigenvalue weighted by atomic mass is 19.1. The molecule has 0 aliphatic rings. The molecular formula is C15H16FNO. The zero-order valence-electron chi connectivity index (χ0n) is 10.5. The van der Waals surface area contributed by atoms with E-state index in [2.05, 4.69) is 0 Å². The van der Waals surface area contributed by atoms with Gasteiger partial charge in [0.2, 0.25) is 0 Å². The van der Waals surface area contributed by atoms with E-state index >= 15 is 0 Å². The van der Waals surface area contributed by atoms with Crippen molar-refractivity contribution >= 4 is 0 Å². The molecule has 2 aromatic carbocycles. The van der Waals surface area contributed by atoms with Gasteiger partial charge in [-0.15, -0.1) is 0 Å². The summed E-state index contributed by atoms with van der Waals surface area (Å²) in [6.45, 7) is 2.02. The first-order valence-corrected chi connectivity index (χ1v) is 5.77. The maximum absolute atomic E-state index is 13.3. The van der Waals surface area contributed by atoms with Crippen molar-refractivity contribution in [3.8, 4) is 5.75 Å². The van der Waals surface area contributed by atoms with Crippen LogP contribution in [0, 0.1) is 12.7 Å². The number of benzene rings is 2. The molecule has 0 radical (unpaired) electrons. The highest BCUT2D eigenvalue weighted by molar-refractivity contribution is 5.37. The lowest BCUT2D eigenvalue weighted by molar-refractivity contribution is 0.385. The molecular weight excluding hydrogens is 229 g/mol. The normalized spacial score (nSPS) is 12.2. The van der Waals surface area contributed by atoms with Crippen LogP contribution in [0.2, 0.25) is 0 Å². The molecule has 2 nitrogen and oxygen atoms in total. The molecule has 1 unspecified atom stereocenters. The smallest absolute Gasteiger partial charge is 0.165 e. The number of hydrogen-bond acceptors (Lipinski definition) is 2. The van der Waals surface area contributed by atoms with E-state index < -0.39 is 0 Å². The summed E-state index contributed by atoms with van der Waals surface area (Å²) < 4.78 is 18.3. The van der Waals surface area contributed by atoms with Gasteiger partial charge in [-0.1, -0.05) is 35.9 Å². The van der Waals surface area contributed by atoms with Gasteiger partial charge in [0, 0.05) is 0 Å². The fourth-order valence-electron chi connectivity index (χ4n) is 1.84. The van der Waals surface area contributed by atoms with Gasteiger partial charge in [-0.3, -0.25) is 0 Å². The molecule has 1 atom stereocenters. The van der Waals surface area contributed by atoms with Crippen molar-refractivity contribution in [2.75, 3.05) is 7.11 Å². The van der Waals surface area contributed by atoms with E-state index in [0.717, 1.165) is 11.1 Å². The number of aryl methyl sites for hydroxylation is 1. The lowest BCUT2D eigenvalue weighted by atomic mass is 9.98. The first-order valence-electron chi connectivity index (χ1n) is 5.77. The standard InChI is InChI=1S/C15H16FNO/c1-10-3-5-11(6-4-10)15(17)12-7-8-13(16)14(9-12)18-2/h3-9,15H,17H2,1-2H3. The van der Waals surface area contributed by atoms with E-state index in [-0.39, 0.29) is 17.6 Å². The predicted octanol–water partition coefficient (Wildman–Crippen LogP) is 3.19. The van der Waals surface area contributed by atoms with Crippen molar-refractivity contribution < 1.29 is 9.13 Å². The molecule has 2 N–H and O–H groups in total. The van der Waals surface area contributed by atoms with E-state index in [1.54, 1.807) is 12.1 Å². The molecule has 0 aromatic heterocycles. The topological polar surface area (TPSA) is 35.2 Å². The highest BCUT2D eigenvalue weighted by Gasteiger charge is 2.11. The molecule has 0 aliphatic heterocycles. The van der Waals surface area contributed by atoms with Gasteiger partial charge < -0.3 is 10.5 Å². The molecule has 0 aliphatic carbocycles. The summed E-state index contributed by atoms with van der Waals surface area (Å²) in [6, 6.07) is 12.4. The number of methoxy groups -OCH3 is 1. The lowest BCUT2D eigenvalue weighted by Gasteiger charge is -2.14.